The van der Waals surface area contributed by atoms with E-state index in [1.807, 2.05) is 59.3 Å². The lowest BCUT2D eigenvalue weighted by Gasteiger charge is -2.29. The fourth-order valence-corrected chi connectivity index (χ4v) is 7.97. The molecule has 0 bridgehead atoms. The Morgan fingerprint density at radius 2 is 1.76 bits per heavy atom. The summed E-state index contributed by atoms with van der Waals surface area (Å²) in [5.41, 5.74) is 3.48. The van der Waals surface area contributed by atoms with Crippen LogP contribution in [0.15, 0.2) is 98.1 Å². The number of nitrogens with one attached hydrogen (secondary N) is 1. The van der Waals surface area contributed by atoms with Crippen LogP contribution in [0.5, 0.6) is 0 Å². The zero-order valence-electron chi connectivity index (χ0n) is 22.2. The minimum Gasteiger partial charge on any atom is -0.456 e. The van der Waals surface area contributed by atoms with Crippen molar-refractivity contribution in [1.82, 2.24) is 14.3 Å². The van der Waals surface area contributed by atoms with E-state index in [4.69, 9.17) is 4.42 Å². The lowest BCUT2D eigenvalue weighted by atomic mass is 9.93. The van der Waals surface area contributed by atoms with E-state index in [1.54, 1.807) is 24.5 Å². The molecule has 0 saturated carbocycles. The van der Waals surface area contributed by atoms with Crippen LogP contribution < -0.4 is 10.7 Å². The summed E-state index contributed by atoms with van der Waals surface area (Å²) in [5, 5.41) is 19.9. The molecular formula is C30H25N5O4S3. The van der Waals surface area contributed by atoms with Crippen molar-refractivity contribution in [3.63, 3.8) is 0 Å². The second-order valence-corrected chi connectivity index (χ2v) is 13.6. The Labute approximate surface area is 249 Å². The quantitative estimate of drug-likeness (QED) is 0.213. The molecule has 4 heterocycles. The van der Waals surface area contributed by atoms with Gasteiger partial charge in [-0.05, 0) is 43.2 Å². The smallest absolute Gasteiger partial charge is 0.243 e. The first-order valence-electron chi connectivity index (χ1n) is 13.3. The van der Waals surface area contributed by atoms with Crippen LogP contribution >= 0.6 is 22.7 Å². The van der Waals surface area contributed by atoms with E-state index in [9.17, 15) is 13.5 Å². The summed E-state index contributed by atoms with van der Waals surface area (Å²) in [6, 6.07) is 18.5. The number of aromatic nitrogens is 2. The van der Waals surface area contributed by atoms with Gasteiger partial charge < -0.3 is 14.8 Å². The Morgan fingerprint density at radius 3 is 2.55 bits per heavy atom. The molecule has 42 heavy (non-hydrogen) atoms. The van der Waals surface area contributed by atoms with Crippen LogP contribution in [0.1, 0.15) is 12.8 Å². The first kappa shape index (κ1) is 26.9. The molecule has 2 N–H and O–H groups in total. The molecule has 9 nitrogen and oxygen atoms in total. The highest BCUT2D eigenvalue weighted by atomic mass is 32.2. The molecule has 212 valence electrons. The number of hydrogen-bond donors (Lipinski definition) is 2. The highest BCUT2D eigenvalue weighted by Gasteiger charge is 2.32. The first-order chi connectivity index (χ1) is 20.5. The van der Waals surface area contributed by atoms with E-state index in [1.165, 1.54) is 27.0 Å². The zero-order valence-corrected chi connectivity index (χ0v) is 24.6. The van der Waals surface area contributed by atoms with Crippen LogP contribution in [0.25, 0.3) is 33.4 Å². The number of aliphatic hydroxyl groups is 1. The summed E-state index contributed by atoms with van der Waals surface area (Å²) in [7, 11) is -3.84. The third-order valence-electron chi connectivity index (χ3n) is 7.23. The Kier molecular flexibility index (Phi) is 7.08. The van der Waals surface area contributed by atoms with Gasteiger partial charge in [-0.3, -0.25) is 0 Å². The number of hydrogen-bond acceptors (Lipinski definition) is 10. The highest BCUT2D eigenvalue weighted by molar-refractivity contribution is 7.89. The van der Waals surface area contributed by atoms with Crippen LogP contribution in [0.4, 0.5) is 16.0 Å². The Balaban J connectivity index is 1.45. The number of nitrogens with zero attached hydrogens (tertiary/aromatic N) is 4. The van der Waals surface area contributed by atoms with Crippen molar-refractivity contribution in [3.8, 4) is 22.5 Å². The zero-order chi connectivity index (χ0) is 28.7. The normalized spacial score (nSPS) is 15.5. The van der Waals surface area contributed by atoms with Crippen LogP contribution in [-0.2, 0) is 10.0 Å². The molecule has 0 unspecified atom stereocenters. The fourth-order valence-electron chi connectivity index (χ4n) is 5.23. The number of aliphatic hydroxyl groups excluding tert-OH is 1. The van der Waals surface area contributed by atoms with Crippen molar-refractivity contribution in [2.75, 3.05) is 18.4 Å². The van der Waals surface area contributed by atoms with Crippen molar-refractivity contribution in [3.05, 3.63) is 89.2 Å². The van der Waals surface area contributed by atoms with Gasteiger partial charge in [0.25, 0.3) is 0 Å². The summed E-state index contributed by atoms with van der Waals surface area (Å²) in [5.74, 6) is 0.565. The maximum absolute atomic E-state index is 14.0. The van der Waals surface area contributed by atoms with Crippen molar-refractivity contribution in [2.24, 2.45) is 4.99 Å². The Hall–Kier alpha value is -3.94. The highest BCUT2D eigenvalue weighted by Crippen LogP contribution is 2.43. The van der Waals surface area contributed by atoms with Gasteiger partial charge in [0.2, 0.25) is 15.2 Å². The standard InChI is InChI=1S/C30H25N5O4S3/c36-21-9-13-35(14-10-21)42(37,38)27-4-2-1-3-24(27)28-22-7-5-19(33-29-31-11-15-40-29)17-25(22)39-26-18-20(6-8-23(26)28)34-30-32-12-16-41-30/h1-8,11-12,15-18,21,36H,9-10,13-14H2,(H,31,33)/b34-20+. The summed E-state index contributed by atoms with van der Waals surface area (Å²) in [4.78, 5) is 13.4. The van der Waals surface area contributed by atoms with Gasteiger partial charge >= 0.3 is 0 Å². The van der Waals surface area contributed by atoms with Gasteiger partial charge in [0.05, 0.1) is 16.4 Å². The topological polar surface area (TPSA) is 121 Å². The summed E-state index contributed by atoms with van der Waals surface area (Å²) >= 11 is 2.93. The van der Waals surface area contributed by atoms with Crippen molar-refractivity contribution >= 4 is 59.6 Å². The predicted octanol–water partition coefficient (Wildman–Crippen LogP) is 6.24. The number of thiazole rings is 2. The first-order valence-corrected chi connectivity index (χ1v) is 16.5. The second kappa shape index (κ2) is 11.0. The lowest BCUT2D eigenvalue weighted by Crippen LogP contribution is -2.40. The predicted molar refractivity (Wildman–Crippen MR) is 165 cm³/mol. The fraction of sp³-hybridized carbons (Fsp3) is 0.167. The maximum atomic E-state index is 14.0. The lowest BCUT2D eigenvalue weighted by molar-refractivity contribution is 0.113. The van der Waals surface area contributed by atoms with Crippen LogP contribution in [0.2, 0.25) is 0 Å². The van der Waals surface area contributed by atoms with E-state index >= 15 is 0 Å². The summed E-state index contributed by atoms with van der Waals surface area (Å²) in [6.07, 6.45) is 3.79. The minimum absolute atomic E-state index is 0.219. The molecule has 4 aromatic rings. The third-order valence-corrected chi connectivity index (χ3v) is 10.5. The van der Waals surface area contributed by atoms with Gasteiger partial charge in [0, 0.05) is 76.1 Å². The number of rotatable bonds is 6. The molecule has 0 radical (unpaired) electrons. The molecule has 2 aliphatic heterocycles. The largest absolute Gasteiger partial charge is 0.456 e. The summed E-state index contributed by atoms with van der Waals surface area (Å²) in [6.45, 7) is 0.549. The molecule has 7 rings (SSSR count). The molecule has 0 spiro atoms. The monoisotopic (exact) mass is 615 g/mol. The molecular weight excluding hydrogens is 591 g/mol. The number of anilines is 2. The minimum atomic E-state index is -3.84. The average Bonchev–Trinajstić information content (AvgIpc) is 3.71. The number of piperidine rings is 1. The molecule has 0 atom stereocenters. The van der Waals surface area contributed by atoms with Crippen molar-refractivity contribution < 1.29 is 17.9 Å². The molecule has 12 heteroatoms. The number of benzene rings is 3. The molecule has 3 aliphatic rings. The Bertz CT molecular complexity index is 2010. The Morgan fingerprint density at radius 1 is 0.952 bits per heavy atom. The van der Waals surface area contributed by atoms with Crippen molar-refractivity contribution in [1.29, 1.82) is 0 Å². The van der Waals surface area contributed by atoms with Crippen LogP contribution in [0, 0.1) is 0 Å². The van der Waals surface area contributed by atoms with Gasteiger partial charge in [0.15, 0.2) is 5.13 Å². The SMILES string of the molecule is O=S(=O)(c1ccccc1-c1c2cc/c(=N\c3nccs3)cc-2oc2cc(Nc3nccs3)ccc12)N1CCC(O)CC1. The van der Waals surface area contributed by atoms with E-state index in [2.05, 4.69) is 20.3 Å². The van der Waals surface area contributed by atoms with Crippen molar-refractivity contribution in [2.45, 2.75) is 23.8 Å². The maximum Gasteiger partial charge on any atom is 0.243 e. The molecule has 1 saturated heterocycles. The second-order valence-electron chi connectivity index (χ2n) is 9.89. The van der Waals surface area contributed by atoms with Crippen LogP contribution in [-0.4, -0.2) is 47.0 Å². The molecule has 1 fully saturated rings. The third kappa shape index (κ3) is 5.12. The van der Waals surface area contributed by atoms with Gasteiger partial charge in [-0.2, -0.15) is 4.31 Å². The summed E-state index contributed by atoms with van der Waals surface area (Å²) < 4.78 is 35.9. The average molecular weight is 616 g/mol. The van der Waals surface area contributed by atoms with E-state index in [0.29, 0.717) is 40.2 Å². The van der Waals surface area contributed by atoms with Gasteiger partial charge in [-0.15, -0.1) is 22.7 Å². The molecule has 2 aromatic heterocycles. The number of fused-ring (bicyclic) bond motifs is 2. The van der Waals surface area contributed by atoms with Gasteiger partial charge in [-0.1, -0.05) is 18.2 Å². The van der Waals surface area contributed by atoms with Gasteiger partial charge in [0.1, 0.15) is 11.3 Å². The van der Waals surface area contributed by atoms with E-state index < -0.39 is 16.1 Å². The van der Waals surface area contributed by atoms with E-state index in [-0.39, 0.29) is 18.0 Å². The van der Waals surface area contributed by atoms with E-state index in [0.717, 1.165) is 27.3 Å². The number of sulfonamides is 1. The molecule has 1 aliphatic carbocycles. The molecule has 2 aromatic carbocycles. The van der Waals surface area contributed by atoms with Gasteiger partial charge in [-0.25, -0.2) is 23.4 Å². The van der Waals surface area contributed by atoms with Crippen LogP contribution in [0.3, 0.4) is 0 Å². The molecule has 0 amide bonds.